The van der Waals surface area contributed by atoms with E-state index in [4.69, 9.17) is 4.99 Å². The van der Waals surface area contributed by atoms with Crippen LogP contribution in [-0.4, -0.2) is 23.8 Å². The van der Waals surface area contributed by atoms with Gasteiger partial charge in [-0.1, -0.05) is 60.7 Å². The van der Waals surface area contributed by atoms with Gasteiger partial charge < -0.3 is 4.90 Å². The molecule has 3 aromatic rings. The molecule has 1 aromatic heterocycles. The van der Waals surface area contributed by atoms with Crippen LogP contribution in [0.4, 0.5) is 15.8 Å². The summed E-state index contributed by atoms with van der Waals surface area (Å²) < 4.78 is 14.7. The lowest BCUT2D eigenvalue weighted by Gasteiger charge is -2.29. The van der Waals surface area contributed by atoms with Crippen molar-refractivity contribution in [2.75, 3.05) is 18.0 Å². The average Bonchev–Trinajstić information content (AvgIpc) is 2.74. The Balaban J connectivity index is 1.85. The number of pyridine rings is 1. The minimum absolute atomic E-state index is 0.307. The normalized spacial score (nSPS) is 14.0. The Bertz CT molecular complexity index is 875. The van der Waals surface area contributed by atoms with Crippen molar-refractivity contribution >= 4 is 17.1 Å². The molecule has 0 bridgehead atoms. The summed E-state index contributed by atoms with van der Waals surface area (Å²) in [6.07, 6.45) is 6.30. The number of halogens is 1. The van der Waals surface area contributed by atoms with Gasteiger partial charge >= 0.3 is 0 Å². The van der Waals surface area contributed by atoms with Crippen LogP contribution in [-0.2, 0) is 0 Å². The largest absolute Gasteiger partial charge is 0.367 e. The van der Waals surface area contributed by atoms with E-state index < -0.39 is 0 Å². The van der Waals surface area contributed by atoms with E-state index in [9.17, 15) is 4.39 Å². The fourth-order valence-electron chi connectivity index (χ4n) is 3.54. The molecule has 0 amide bonds. The highest BCUT2D eigenvalue weighted by atomic mass is 19.1. The molecule has 27 heavy (non-hydrogen) atoms. The molecule has 2 heterocycles. The first-order valence-electron chi connectivity index (χ1n) is 9.41. The molecular formula is C23H22FN3. The van der Waals surface area contributed by atoms with Crippen LogP contribution in [0.2, 0.25) is 0 Å². The Morgan fingerprint density at radius 1 is 0.815 bits per heavy atom. The van der Waals surface area contributed by atoms with Crippen molar-refractivity contribution in [3.8, 4) is 0 Å². The number of aliphatic imine (C=N–C) groups is 1. The molecule has 0 saturated carbocycles. The third-order valence-electron chi connectivity index (χ3n) is 4.85. The molecule has 0 aliphatic carbocycles. The van der Waals surface area contributed by atoms with Gasteiger partial charge in [-0.15, -0.1) is 0 Å². The standard InChI is InChI=1S/C23H22FN3/c24-20-16-25-17-21(23(20)27-14-8-3-9-15-27)26-22(18-10-4-1-5-11-18)19-12-6-2-7-13-19/h1-2,4-7,10-13,16-17H,3,8-9,14-15H2. The van der Waals surface area contributed by atoms with Gasteiger partial charge in [0.2, 0.25) is 0 Å². The van der Waals surface area contributed by atoms with E-state index in [-0.39, 0.29) is 5.82 Å². The zero-order valence-electron chi connectivity index (χ0n) is 15.2. The minimum atomic E-state index is -0.307. The molecule has 0 N–H and O–H groups in total. The van der Waals surface area contributed by atoms with Gasteiger partial charge in [-0.25, -0.2) is 9.38 Å². The summed E-state index contributed by atoms with van der Waals surface area (Å²) in [5.41, 5.74) is 3.96. The molecule has 1 saturated heterocycles. The highest BCUT2D eigenvalue weighted by Gasteiger charge is 2.20. The number of anilines is 1. The van der Waals surface area contributed by atoms with Crippen molar-refractivity contribution in [2.45, 2.75) is 19.3 Å². The van der Waals surface area contributed by atoms with Gasteiger partial charge in [-0.2, -0.15) is 0 Å². The molecule has 4 rings (SSSR count). The van der Waals surface area contributed by atoms with E-state index in [0.29, 0.717) is 11.4 Å². The summed E-state index contributed by atoms with van der Waals surface area (Å²) in [5, 5.41) is 0. The van der Waals surface area contributed by atoms with Crippen LogP contribution < -0.4 is 4.90 Å². The molecule has 0 unspecified atom stereocenters. The maximum Gasteiger partial charge on any atom is 0.166 e. The molecule has 1 aliphatic heterocycles. The van der Waals surface area contributed by atoms with E-state index in [1.54, 1.807) is 6.20 Å². The minimum Gasteiger partial charge on any atom is -0.367 e. The predicted molar refractivity (Wildman–Crippen MR) is 108 cm³/mol. The molecule has 4 heteroatoms. The number of nitrogens with zero attached hydrogens (tertiary/aromatic N) is 3. The first-order chi connectivity index (χ1) is 13.3. The Morgan fingerprint density at radius 2 is 1.41 bits per heavy atom. The molecule has 1 aliphatic rings. The summed E-state index contributed by atoms with van der Waals surface area (Å²) >= 11 is 0. The van der Waals surface area contributed by atoms with Gasteiger partial charge in [-0.05, 0) is 19.3 Å². The molecule has 136 valence electrons. The molecule has 3 nitrogen and oxygen atoms in total. The second-order valence-electron chi connectivity index (χ2n) is 6.73. The van der Waals surface area contributed by atoms with Crippen LogP contribution in [0, 0.1) is 5.82 Å². The van der Waals surface area contributed by atoms with Crippen molar-refractivity contribution in [1.82, 2.24) is 4.98 Å². The van der Waals surface area contributed by atoms with E-state index in [2.05, 4.69) is 9.88 Å². The summed E-state index contributed by atoms with van der Waals surface area (Å²) in [5.74, 6) is -0.307. The predicted octanol–water partition coefficient (Wildman–Crippen LogP) is 5.38. The topological polar surface area (TPSA) is 28.5 Å². The van der Waals surface area contributed by atoms with Gasteiger partial charge in [0.25, 0.3) is 0 Å². The lowest BCUT2D eigenvalue weighted by atomic mass is 10.0. The summed E-state index contributed by atoms with van der Waals surface area (Å²) in [6, 6.07) is 20.0. The highest BCUT2D eigenvalue weighted by molar-refractivity contribution is 6.14. The van der Waals surface area contributed by atoms with E-state index in [0.717, 1.165) is 42.8 Å². The molecule has 0 atom stereocenters. The zero-order chi connectivity index (χ0) is 18.5. The van der Waals surface area contributed by atoms with E-state index >= 15 is 0 Å². The smallest absolute Gasteiger partial charge is 0.166 e. The van der Waals surface area contributed by atoms with Gasteiger partial charge in [-0.3, -0.25) is 4.98 Å². The number of aromatic nitrogens is 1. The monoisotopic (exact) mass is 359 g/mol. The number of piperidine rings is 1. The lowest BCUT2D eigenvalue weighted by Crippen LogP contribution is -2.30. The van der Waals surface area contributed by atoms with Gasteiger partial charge in [0.15, 0.2) is 5.82 Å². The SMILES string of the molecule is Fc1cncc(N=C(c2ccccc2)c2ccccc2)c1N1CCCCC1. The Hall–Kier alpha value is -3.01. The van der Waals surface area contributed by atoms with Crippen molar-refractivity contribution < 1.29 is 4.39 Å². The fraction of sp³-hybridized carbons (Fsp3) is 0.217. The third-order valence-corrected chi connectivity index (χ3v) is 4.85. The quantitative estimate of drug-likeness (QED) is 0.585. The second-order valence-corrected chi connectivity index (χ2v) is 6.73. The molecule has 1 fully saturated rings. The van der Waals surface area contributed by atoms with Gasteiger partial charge in [0.05, 0.1) is 18.1 Å². The second kappa shape index (κ2) is 8.12. The van der Waals surface area contributed by atoms with Crippen LogP contribution >= 0.6 is 0 Å². The molecule has 0 radical (unpaired) electrons. The van der Waals surface area contributed by atoms with Crippen molar-refractivity contribution in [3.05, 3.63) is 90.0 Å². The fourth-order valence-corrected chi connectivity index (χ4v) is 3.54. The summed E-state index contributed by atoms with van der Waals surface area (Å²) in [7, 11) is 0. The van der Waals surface area contributed by atoms with Crippen LogP contribution in [0.25, 0.3) is 0 Å². The van der Waals surface area contributed by atoms with Crippen LogP contribution in [0.15, 0.2) is 78.0 Å². The van der Waals surface area contributed by atoms with Crippen molar-refractivity contribution in [3.63, 3.8) is 0 Å². The van der Waals surface area contributed by atoms with Gasteiger partial charge in [0.1, 0.15) is 11.4 Å². The van der Waals surface area contributed by atoms with Crippen LogP contribution in [0.5, 0.6) is 0 Å². The summed E-state index contributed by atoms with van der Waals surface area (Å²) in [6.45, 7) is 1.71. The maximum absolute atomic E-state index is 14.7. The van der Waals surface area contributed by atoms with E-state index in [1.807, 2.05) is 60.7 Å². The van der Waals surface area contributed by atoms with Crippen molar-refractivity contribution in [1.29, 1.82) is 0 Å². The van der Waals surface area contributed by atoms with Crippen LogP contribution in [0.3, 0.4) is 0 Å². The van der Waals surface area contributed by atoms with E-state index in [1.165, 1.54) is 12.6 Å². The molecule has 0 spiro atoms. The third kappa shape index (κ3) is 3.90. The highest BCUT2D eigenvalue weighted by Crippen LogP contribution is 2.33. The van der Waals surface area contributed by atoms with Gasteiger partial charge in [0, 0.05) is 24.2 Å². The molecular weight excluding hydrogens is 337 g/mol. The first kappa shape index (κ1) is 17.4. The average molecular weight is 359 g/mol. The molecule has 2 aromatic carbocycles. The lowest BCUT2D eigenvalue weighted by molar-refractivity contribution is 0.555. The van der Waals surface area contributed by atoms with Crippen LogP contribution in [0.1, 0.15) is 30.4 Å². The summed E-state index contributed by atoms with van der Waals surface area (Å²) in [4.78, 5) is 11.1. The Labute approximate surface area is 159 Å². The number of rotatable bonds is 4. The number of hydrogen-bond donors (Lipinski definition) is 0. The zero-order valence-corrected chi connectivity index (χ0v) is 15.2. The van der Waals surface area contributed by atoms with Crippen molar-refractivity contribution in [2.24, 2.45) is 4.99 Å². The Kier molecular flexibility index (Phi) is 5.24. The first-order valence-corrected chi connectivity index (χ1v) is 9.41. The number of hydrogen-bond acceptors (Lipinski definition) is 3. The Morgan fingerprint density at radius 3 is 2.00 bits per heavy atom. The maximum atomic E-state index is 14.7. The number of benzene rings is 2.